The van der Waals surface area contributed by atoms with Crippen LogP contribution in [0, 0.1) is 0 Å². The predicted molar refractivity (Wildman–Crippen MR) is 76.5 cm³/mol. The fraction of sp³-hybridized carbons (Fsp3) is 0.0667. The molecule has 4 rings (SSSR count). The lowest BCUT2D eigenvalue weighted by molar-refractivity contribution is -0.140. The summed E-state index contributed by atoms with van der Waals surface area (Å²) in [5, 5.41) is 4.12. The highest BCUT2D eigenvalue weighted by molar-refractivity contribution is 5.78. The van der Waals surface area contributed by atoms with E-state index in [4.69, 9.17) is 0 Å². The molecule has 8 heteroatoms. The van der Waals surface area contributed by atoms with Gasteiger partial charge >= 0.3 is 6.18 Å². The highest BCUT2D eigenvalue weighted by atomic mass is 19.4. The molecule has 0 saturated heterocycles. The van der Waals surface area contributed by atoms with Crippen LogP contribution in [-0.2, 0) is 6.18 Å². The maximum atomic E-state index is 13.4. The Morgan fingerprint density at radius 3 is 2.39 bits per heavy atom. The van der Waals surface area contributed by atoms with Crippen LogP contribution in [0.1, 0.15) is 5.69 Å². The minimum absolute atomic E-state index is 0.0780. The van der Waals surface area contributed by atoms with Gasteiger partial charge in [-0.2, -0.15) is 18.3 Å². The van der Waals surface area contributed by atoms with E-state index in [9.17, 15) is 13.2 Å². The summed E-state index contributed by atoms with van der Waals surface area (Å²) in [6, 6.07) is 9.51. The molecule has 0 amide bonds. The summed E-state index contributed by atoms with van der Waals surface area (Å²) >= 11 is 0. The van der Waals surface area contributed by atoms with Crippen LogP contribution >= 0.6 is 0 Å². The molecule has 4 aromatic rings. The molecule has 0 aliphatic carbocycles. The summed E-state index contributed by atoms with van der Waals surface area (Å²) in [6.07, 6.45) is -1.49. The summed E-state index contributed by atoms with van der Waals surface area (Å²) in [4.78, 5) is 11.9. The predicted octanol–water partition coefficient (Wildman–Crippen LogP) is 3.36. The van der Waals surface area contributed by atoms with Crippen LogP contribution < -0.4 is 0 Å². The Morgan fingerprint density at radius 1 is 0.957 bits per heavy atom. The zero-order valence-electron chi connectivity index (χ0n) is 11.5. The molecule has 0 N–H and O–H groups in total. The van der Waals surface area contributed by atoms with Gasteiger partial charge in [-0.05, 0) is 18.2 Å². The van der Waals surface area contributed by atoms with Crippen LogP contribution in [0.4, 0.5) is 13.2 Å². The zero-order chi connectivity index (χ0) is 16.0. The number of rotatable bonds is 1. The molecular formula is C15H8F3N5. The van der Waals surface area contributed by atoms with Crippen LogP contribution in [0.15, 0.2) is 48.8 Å². The van der Waals surface area contributed by atoms with E-state index in [0.717, 1.165) is 0 Å². The standard InChI is InChI=1S/C15H8F3N5/c16-15(17,18)14-13(20-9-4-1-2-5-10(9)21-14)11-8-12-19-6-3-7-23(12)22-11/h1-8H. The van der Waals surface area contributed by atoms with Gasteiger partial charge in [0.15, 0.2) is 11.3 Å². The van der Waals surface area contributed by atoms with E-state index in [1.165, 1.54) is 22.8 Å². The van der Waals surface area contributed by atoms with Crippen LogP contribution in [0.2, 0.25) is 0 Å². The quantitative estimate of drug-likeness (QED) is 0.540. The van der Waals surface area contributed by atoms with Crippen LogP contribution in [0.5, 0.6) is 0 Å². The average Bonchev–Trinajstić information content (AvgIpc) is 2.96. The number of hydrogen-bond acceptors (Lipinski definition) is 4. The number of para-hydroxylation sites is 2. The third kappa shape index (κ3) is 2.28. The van der Waals surface area contributed by atoms with E-state index >= 15 is 0 Å². The fourth-order valence-corrected chi connectivity index (χ4v) is 2.32. The molecule has 0 spiro atoms. The van der Waals surface area contributed by atoms with E-state index < -0.39 is 11.9 Å². The Bertz CT molecular complexity index is 989. The molecular weight excluding hydrogens is 307 g/mol. The van der Waals surface area contributed by atoms with Gasteiger partial charge in [-0.3, -0.25) is 0 Å². The average molecular weight is 315 g/mol. The smallest absolute Gasteiger partial charge is 0.242 e. The first kappa shape index (κ1) is 13.6. The van der Waals surface area contributed by atoms with Crippen LogP contribution in [0.3, 0.4) is 0 Å². The van der Waals surface area contributed by atoms with Crippen molar-refractivity contribution in [2.45, 2.75) is 6.18 Å². The first-order valence-electron chi connectivity index (χ1n) is 6.67. The molecule has 0 fully saturated rings. The first-order valence-corrected chi connectivity index (χ1v) is 6.67. The summed E-state index contributed by atoms with van der Waals surface area (Å²) in [7, 11) is 0. The first-order chi connectivity index (χ1) is 11.0. The second kappa shape index (κ2) is 4.73. The van der Waals surface area contributed by atoms with Crippen molar-refractivity contribution >= 4 is 16.7 Å². The second-order valence-corrected chi connectivity index (χ2v) is 4.86. The van der Waals surface area contributed by atoms with Gasteiger partial charge in [0.1, 0.15) is 11.4 Å². The lowest BCUT2D eigenvalue weighted by Gasteiger charge is -2.10. The van der Waals surface area contributed by atoms with Crippen molar-refractivity contribution in [2.75, 3.05) is 0 Å². The van der Waals surface area contributed by atoms with E-state index in [-0.39, 0.29) is 16.9 Å². The van der Waals surface area contributed by atoms with Crippen LogP contribution in [0.25, 0.3) is 28.1 Å². The Morgan fingerprint density at radius 2 is 1.70 bits per heavy atom. The number of hydrogen-bond donors (Lipinski definition) is 0. The lowest BCUT2D eigenvalue weighted by Crippen LogP contribution is -2.12. The molecule has 114 valence electrons. The SMILES string of the molecule is FC(F)(F)c1nc2ccccc2nc1-c1cc2ncccn2n1. The molecule has 1 aromatic carbocycles. The van der Waals surface area contributed by atoms with Crippen molar-refractivity contribution in [1.82, 2.24) is 24.6 Å². The summed E-state index contributed by atoms with van der Waals surface area (Å²) in [5.41, 5.74) is -0.285. The van der Waals surface area contributed by atoms with Gasteiger partial charge in [-0.25, -0.2) is 19.5 Å². The third-order valence-electron chi connectivity index (χ3n) is 3.32. The van der Waals surface area contributed by atoms with Gasteiger partial charge < -0.3 is 0 Å². The minimum Gasteiger partial charge on any atom is -0.242 e. The van der Waals surface area contributed by atoms with Gasteiger partial charge in [0, 0.05) is 18.5 Å². The molecule has 3 heterocycles. The normalized spacial score (nSPS) is 12.1. The van der Waals surface area contributed by atoms with E-state index in [1.54, 1.807) is 30.5 Å². The Hall–Kier alpha value is -3.03. The number of aromatic nitrogens is 5. The van der Waals surface area contributed by atoms with E-state index in [2.05, 4.69) is 20.1 Å². The van der Waals surface area contributed by atoms with Crippen molar-refractivity contribution in [3.05, 3.63) is 54.5 Å². The second-order valence-electron chi connectivity index (χ2n) is 4.86. The molecule has 0 aliphatic rings. The molecule has 5 nitrogen and oxygen atoms in total. The monoisotopic (exact) mass is 315 g/mol. The van der Waals surface area contributed by atoms with E-state index in [1.807, 2.05) is 0 Å². The summed E-state index contributed by atoms with van der Waals surface area (Å²) in [6.45, 7) is 0. The molecule has 0 aliphatic heterocycles. The lowest BCUT2D eigenvalue weighted by atomic mass is 10.2. The topological polar surface area (TPSA) is 56.0 Å². The molecule has 23 heavy (non-hydrogen) atoms. The summed E-state index contributed by atoms with van der Waals surface area (Å²) < 4.78 is 41.5. The van der Waals surface area contributed by atoms with Gasteiger partial charge in [0.05, 0.1) is 11.0 Å². The highest BCUT2D eigenvalue weighted by Gasteiger charge is 2.37. The van der Waals surface area contributed by atoms with Crippen molar-refractivity contribution in [3.8, 4) is 11.4 Å². The Labute approximate surface area is 127 Å². The Balaban J connectivity index is 2.03. The molecule has 0 saturated carbocycles. The molecule has 0 atom stereocenters. The van der Waals surface area contributed by atoms with Gasteiger partial charge in [0.2, 0.25) is 0 Å². The van der Waals surface area contributed by atoms with Crippen molar-refractivity contribution in [3.63, 3.8) is 0 Å². The number of fused-ring (bicyclic) bond motifs is 2. The van der Waals surface area contributed by atoms with Gasteiger partial charge in [-0.15, -0.1) is 0 Å². The molecule has 0 unspecified atom stereocenters. The van der Waals surface area contributed by atoms with Crippen molar-refractivity contribution < 1.29 is 13.2 Å². The number of benzene rings is 1. The van der Waals surface area contributed by atoms with Crippen LogP contribution in [-0.4, -0.2) is 24.6 Å². The number of alkyl halides is 3. The van der Waals surface area contributed by atoms with Gasteiger partial charge in [-0.1, -0.05) is 12.1 Å². The van der Waals surface area contributed by atoms with Crippen molar-refractivity contribution in [1.29, 1.82) is 0 Å². The highest BCUT2D eigenvalue weighted by Crippen LogP contribution is 2.35. The maximum absolute atomic E-state index is 13.4. The Kier molecular flexibility index (Phi) is 2.80. The number of halogens is 3. The molecule has 0 bridgehead atoms. The van der Waals surface area contributed by atoms with Gasteiger partial charge in [0.25, 0.3) is 0 Å². The summed E-state index contributed by atoms with van der Waals surface area (Å²) in [5.74, 6) is 0. The van der Waals surface area contributed by atoms with Crippen molar-refractivity contribution in [2.24, 2.45) is 0 Å². The molecule has 3 aromatic heterocycles. The molecule has 0 radical (unpaired) electrons. The largest absolute Gasteiger partial charge is 0.435 e. The zero-order valence-corrected chi connectivity index (χ0v) is 11.5. The minimum atomic E-state index is -4.63. The maximum Gasteiger partial charge on any atom is 0.435 e. The van der Waals surface area contributed by atoms with E-state index in [0.29, 0.717) is 11.2 Å². The fourth-order valence-electron chi connectivity index (χ4n) is 2.32. The number of nitrogens with zero attached hydrogens (tertiary/aromatic N) is 5. The third-order valence-corrected chi connectivity index (χ3v) is 3.32.